The quantitative estimate of drug-likeness (QED) is 0.0669. The zero-order chi connectivity index (χ0) is 27.7. The molecule has 0 spiro atoms. The van der Waals surface area contributed by atoms with Crippen molar-refractivity contribution >= 4 is 45.5 Å². The monoisotopic (exact) mass is 540 g/mol. The molecule has 200 valence electrons. The molecule has 0 radical (unpaired) electrons. The fraction of sp³-hybridized carbons (Fsp3) is 0.389. The number of rotatable bonds is 8. The van der Waals surface area contributed by atoms with E-state index in [4.69, 9.17) is 29.5 Å². The van der Waals surface area contributed by atoms with E-state index < -0.39 is 51.9 Å². The highest BCUT2D eigenvalue weighted by molar-refractivity contribution is 7.86. The van der Waals surface area contributed by atoms with Gasteiger partial charge in [-0.25, -0.2) is 18.2 Å². The number of carboxylic acid groups (broad SMARTS) is 1. The molecule has 1 heterocycles. The maximum absolute atomic E-state index is 12.1. The van der Waals surface area contributed by atoms with Crippen molar-refractivity contribution in [3.8, 4) is 0 Å². The number of nitrogens with one attached hydrogen (secondary N) is 2. The number of amides is 3. The summed E-state index contributed by atoms with van der Waals surface area (Å²) in [6.07, 6.45) is 0.374. The molecule has 0 saturated carbocycles. The first kappa shape index (κ1) is 30.3. The molecule has 0 aromatic heterocycles. The van der Waals surface area contributed by atoms with Crippen LogP contribution in [0.5, 0.6) is 0 Å². The largest absolute Gasteiger partial charge is 0.741 e. The lowest BCUT2D eigenvalue weighted by Gasteiger charge is -2.28. The van der Waals surface area contributed by atoms with Crippen LogP contribution in [0.4, 0.5) is 18.9 Å². The first-order valence-corrected chi connectivity index (χ1v) is 11.3. The van der Waals surface area contributed by atoms with Crippen LogP contribution >= 0.6 is 0 Å². The van der Waals surface area contributed by atoms with Crippen LogP contribution in [0.2, 0.25) is 0 Å². The van der Waals surface area contributed by atoms with Crippen LogP contribution in [0, 0.1) is 0 Å². The van der Waals surface area contributed by atoms with Crippen LogP contribution in [0.25, 0.3) is 0 Å². The maximum atomic E-state index is 12.1. The number of halogens is 3. The number of piperazine rings is 1. The Morgan fingerprint density at radius 3 is 2.06 bits per heavy atom. The van der Waals surface area contributed by atoms with E-state index in [1.54, 1.807) is 24.3 Å². The van der Waals surface area contributed by atoms with Gasteiger partial charge in [-0.1, -0.05) is 0 Å². The number of nitrogens with two attached hydrogens (primary N) is 3. The van der Waals surface area contributed by atoms with Crippen LogP contribution < -0.4 is 27.4 Å². The number of aliphatic carboxylic acids is 1. The number of alkyl halides is 3. The molecule has 1 aromatic rings. The molecule has 0 aliphatic carbocycles. The van der Waals surface area contributed by atoms with E-state index in [-0.39, 0.29) is 11.9 Å². The van der Waals surface area contributed by atoms with Crippen molar-refractivity contribution in [2.45, 2.75) is 36.9 Å². The highest BCUT2D eigenvalue weighted by Gasteiger charge is 2.37. The van der Waals surface area contributed by atoms with Crippen molar-refractivity contribution in [2.75, 3.05) is 6.54 Å². The van der Waals surface area contributed by atoms with Gasteiger partial charge < -0.3 is 31.8 Å². The second-order valence-corrected chi connectivity index (χ2v) is 8.57. The summed E-state index contributed by atoms with van der Waals surface area (Å²) in [7, 11) is -6.09. The molecule has 9 N–H and O–H groups in total. The molecule has 18 heteroatoms. The SMILES string of the molecule is NC(N)=Nc1ccc(C(=O)[NH2+]CCC[C@@H]2NC(=O)[C@H](CC(=O)O)NC2=O)cc1.O=S(=O)([O-])C(F)(F)F. The number of nitrogens with zero attached hydrogens (tertiary/aromatic N) is 1. The molecule has 1 aliphatic heterocycles. The Labute approximate surface area is 202 Å². The highest BCUT2D eigenvalue weighted by atomic mass is 32.2. The third-order valence-electron chi connectivity index (χ3n) is 4.36. The summed E-state index contributed by atoms with van der Waals surface area (Å²) in [5.41, 5.74) is 5.95. The molecule has 2 rings (SSSR count). The summed E-state index contributed by atoms with van der Waals surface area (Å²) in [4.78, 5) is 50.5. The Morgan fingerprint density at radius 1 is 1.08 bits per heavy atom. The van der Waals surface area contributed by atoms with Gasteiger partial charge in [-0.2, -0.15) is 13.2 Å². The predicted molar refractivity (Wildman–Crippen MR) is 114 cm³/mol. The number of hydrogen-bond donors (Lipinski definition) is 6. The topological polar surface area (TPSA) is 251 Å². The van der Waals surface area contributed by atoms with Gasteiger partial charge in [0.1, 0.15) is 12.1 Å². The first-order chi connectivity index (χ1) is 16.5. The number of benzene rings is 1. The highest BCUT2D eigenvalue weighted by Crippen LogP contribution is 2.20. The summed E-state index contributed by atoms with van der Waals surface area (Å²) in [5.74, 6) is -2.35. The predicted octanol–water partition coefficient (Wildman–Crippen LogP) is -2.42. The van der Waals surface area contributed by atoms with E-state index >= 15 is 0 Å². The van der Waals surface area contributed by atoms with Crippen LogP contribution in [-0.4, -0.2) is 71.9 Å². The Balaban J connectivity index is 0.000000697. The Kier molecular flexibility index (Phi) is 10.8. The molecule has 1 fully saturated rings. The van der Waals surface area contributed by atoms with E-state index in [2.05, 4.69) is 15.6 Å². The summed E-state index contributed by atoms with van der Waals surface area (Å²) >= 11 is 0. The summed E-state index contributed by atoms with van der Waals surface area (Å²) in [6, 6.07) is 4.67. The van der Waals surface area contributed by atoms with Crippen molar-refractivity contribution in [3.05, 3.63) is 29.8 Å². The Morgan fingerprint density at radius 2 is 1.58 bits per heavy atom. The number of hydrogen-bond acceptors (Lipinski definition) is 8. The van der Waals surface area contributed by atoms with Crippen molar-refractivity contribution in [2.24, 2.45) is 16.5 Å². The summed E-state index contributed by atoms with van der Waals surface area (Å²) in [5, 5.41) is 15.2. The van der Waals surface area contributed by atoms with Gasteiger partial charge in [0.2, 0.25) is 11.8 Å². The van der Waals surface area contributed by atoms with Crippen molar-refractivity contribution in [3.63, 3.8) is 0 Å². The molecule has 3 amide bonds. The molecule has 0 unspecified atom stereocenters. The van der Waals surface area contributed by atoms with Crippen LogP contribution in [-0.2, 0) is 24.5 Å². The lowest BCUT2D eigenvalue weighted by atomic mass is 10.0. The van der Waals surface area contributed by atoms with E-state index in [0.29, 0.717) is 30.6 Å². The van der Waals surface area contributed by atoms with Crippen molar-refractivity contribution in [1.82, 2.24) is 10.6 Å². The van der Waals surface area contributed by atoms with Crippen molar-refractivity contribution in [1.29, 1.82) is 0 Å². The third-order valence-corrected chi connectivity index (χ3v) is 4.93. The second kappa shape index (κ2) is 12.8. The van der Waals surface area contributed by atoms with Crippen LogP contribution in [0.15, 0.2) is 29.3 Å². The molecule has 1 aliphatic rings. The molecule has 0 bridgehead atoms. The van der Waals surface area contributed by atoms with E-state index in [9.17, 15) is 32.3 Å². The number of carbonyl (C=O) groups is 4. The molecule has 14 nitrogen and oxygen atoms in total. The number of guanidine groups is 1. The molecule has 1 aromatic carbocycles. The lowest BCUT2D eigenvalue weighted by Crippen LogP contribution is -2.88. The fourth-order valence-corrected chi connectivity index (χ4v) is 2.72. The minimum absolute atomic E-state index is 0.0706. The van der Waals surface area contributed by atoms with Gasteiger partial charge >= 0.3 is 17.4 Å². The zero-order valence-corrected chi connectivity index (χ0v) is 19.1. The van der Waals surface area contributed by atoms with E-state index in [1.807, 2.05) is 0 Å². The molecule has 2 atom stereocenters. The smallest absolute Gasteiger partial charge is 0.485 e. The van der Waals surface area contributed by atoms with Gasteiger partial charge in [0, 0.05) is 0 Å². The zero-order valence-electron chi connectivity index (χ0n) is 18.3. The summed E-state index contributed by atoms with van der Waals surface area (Å²) < 4.78 is 58.9. The molecule has 1 saturated heterocycles. The van der Waals surface area contributed by atoms with Crippen LogP contribution in [0.1, 0.15) is 29.6 Å². The minimum Gasteiger partial charge on any atom is -0.741 e. The lowest BCUT2D eigenvalue weighted by molar-refractivity contribution is -0.555. The van der Waals surface area contributed by atoms with Gasteiger partial charge in [0.25, 0.3) is 0 Å². The van der Waals surface area contributed by atoms with Gasteiger partial charge in [-0.15, -0.1) is 0 Å². The van der Waals surface area contributed by atoms with E-state index in [0.717, 1.165) is 0 Å². The Bertz CT molecular complexity index is 1100. The second-order valence-electron chi connectivity index (χ2n) is 7.20. The van der Waals surface area contributed by atoms with Crippen LogP contribution in [0.3, 0.4) is 0 Å². The van der Waals surface area contributed by atoms with Crippen molar-refractivity contribution < 1.29 is 55.7 Å². The van der Waals surface area contributed by atoms with E-state index in [1.165, 1.54) is 5.32 Å². The Hall–Kier alpha value is -3.77. The molecular weight excluding hydrogens is 517 g/mol. The van der Waals surface area contributed by atoms with Gasteiger partial charge in [-0.3, -0.25) is 19.7 Å². The number of quaternary nitrogens is 1. The first-order valence-electron chi connectivity index (χ1n) is 9.93. The van der Waals surface area contributed by atoms with Gasteiger partial charge in [0.05, 0.1) is 24.2 Å². The number of carboxylic acids is 1. The van der Waals surface area contributed by atoms with Gasteiger partial charge in [-0.05, 0) is 37.1 Å². The molecule has 36 heavy (non-hydrogen) atoms. The number of primary amides is 1. The van der Waals surface area contributed by atoms with Gasteiger partial charge in [0.15, 0.2) is 16.1 Å². The summed E-state index contributed by atoms with van der Waals surface area (Å²) in [6.45, 7) is 0.423. The average Bonchev–Trinajstić information content (AvgIpc) is 2.73. The standard InChI is InChI=1S/C17H22N6O5.CHF3O3S/c18-17(19)21-10-5-3-9(4-6-10)14(26)20-7-1-2-11-15(27)23-12(8-13(24)25)16(28)22-11;2-1(3,4)8(5,6)7/h3-6,11-12H,1-2,7-8H2,(H,20,26)(H,22,28)(H,23,27)(H,24,25)(H4,18,19,21);(H,5,6,7)/t11-,12-;/m0./s1. The average molecular weight is 540 g/mol. The normalized spacial score (nSPS) is 17.7. The maximum Gasteiger partial charge on any atom is 0.485 e. The number of aliphatic imine (C=N–C) groups is 1. The number of carbonyl (C=O) groups excluding carboxylic acids is 3. The third kappa shape index (κ3) is 10.2. The molecular formula is C18H23F3N6O8S. The fourth-order valence-electron chi connectivity index (χ4n) is 2.72. The minimum atomic E-state index is -6.09.